The van der Waals surface area contributed by atoms with Gasteiger partial charge in [0.1, 0.15) is 11.9 Å². The van der Waals surface area contributed by atoms with Gasteiger partial charge in [0.25, 0.3) is 0 Å². The highest BCUT2D eigenvalue weighted by molar-refractivity contribution is 5.51. The van der Waals surface area contributed by atoms with Crippen LogP contribution in [0.25, 0.3) is 0 Å². The fraction of sp³-hybridized carbons (Fsp3) is 0.294. The number of hydrogen-bond acceptors (Lipinski definition) is 4. The summed E-state index contributed by atoms with van der Waals surface area (Å²) in [7, 11) is 1.62. The van der Waals surface area contributed by atoms with Crippen LogP contribution >= 0.6 is 0 Å². The van der Waals surface area contributed by atoms with Gasteiger partial charge in [-0.05, 0) is 48.7 Å². The molecule has 4 heteroatoms. The summed E-state index contributed by atoms with van der Waals surface area (Å²) in [5.41, 5.74) is 3.63. The summed E-state index contributed by atoms with van der Waals surface area (Å²) in [6.07, 6.45) is -0.768. The monoisotopic (exact) mass is 286 g/mol. The molecule has 21 heavy (non-hydrogen) atoms. The highest BCUT2D eigenvalue weighted by Gasteiger charge is 2.21. The molecule has 2 aromatic rings. The van der Waals surface area contributed by atoms with Crippen LogP contribution in [0.1, 0.15) is 28.4 Å². The minimum atomic E-state index is -0.768. The molecule has 1 aliphatic heterocycles. The van der Waals surface area contributed by atoms with Crippen LogP contribution in [-0.2, 0) is 0 Å². The Hall–Kier alpha value is -2.20. The van der Waals surface area contributed by atoms with Gasteiger partial charge >= 0.3 is 0 Å². The van der Waals surface area contributed by atoms with E-state index >= 15 is 0 Å². The first-order valence-corrected chi connectivity index (χ1v) is 6.83. The molecular formula is C17H18O4. The van der Waals surface area contributed by atoms with E-state index in [-0.39, 0.29) is 6.79 Å². The molecule has 1 N–H and O–H groups in total. The Balaban J connectivity index is 2.04. The fourth-order valence-corrected chi connectivity index (χ4v) is 2.71. The normalized spacial score (nSPS) is 14.1. The van der Waals surface area contributed by atoms with Gasteiger partial charge in [-0.15, -0.1) is 0 Å². The van der Waals surface area contributed by atoms with Crippen molar-refractivity contribution in [2.24, 2.45) is 0 Å². The second-order valence-corrected chi connectivity index (χ2v) is 5.21. The van der Waals surface area contributed by atoms with Crippen LogP contribution in [0.2, 0.25) is 0 Å². The summed E-state index contributed by atoms with van der Waals surface area (Å²) in [6.45, 7) is 4.20. The Morgan fingerprint density at radius 2 is 1.86 bits per heavy atom. The van der Waals surface area contributed by atoms with Gasteiger partial charge in [0, 0.05) is 5.56 Å². The first kappa shape index (κ1) is 13.8. The van der Waals surface area contributed by atoms with E-state index in [1.54, 1.807) is 7.11 Å². The highest BCUT2D eigenvalue weighted by Crippen LogP contribution is 2.38. The van der Waals surface area contributed by atoms with Crippen molar-refractivity contribution in [1.29, 1.82) is 0 Å². The predicted molar refractivity (Wildman–Crippen MR) is 79.1 cm³/mol. The van der Waals surface area contributed by atoms with Crippen LogP contribution in [0.4, 0.5) is 0 Å². The molecule has 0 fully saturated rings. The van der Waals surface area contributed by atoms with Crippen molar-refractivity contribution in [3.63, 3.8) is 0 Å². The van der Waals surface area contributed by atoms with Crippen molar-refractivity contribution in [2.75, 3.05) is 13.9 Å². The number of aliphatic hydroxyl groups excluding tert-OH is 1. The molecule has 0 amide bonds. The third-order valence-electron chi connectivity index (χ3n) is 3.70. The molecule has 3 rings (SSSR count). The van der Waals surface area contributed by atoms with E-state index in [1.807, 2.05) is 44.2 Å². The third-order valence-corrected chi connectivity index (χ3v) is 3.70. The second-order valence-electron chi connectivity index (χ2n) is 5.21. The molecular weight excluding hydrogens is 268 g/mol. The highest BCUT2D eigenvalue weighted by atomic mass is 16.7. The summed E-state index contributed by atoms with van der Waals surface area (Å²) >= 11 is 0. The molecule has 110 valence electrons. The summed E-state index contributed by atoms with van der Waals surface area (Å²) in [5.74, 6) is 2.06. The number of aryl methyl sites for hydroxylation is 2. The van der Waals surface area contributed by atoms with E-state index in [2.05, 4.69) is 0 Å². The minimum absolute atomic E-state index is 0.224. The molecule has 0 spiro atoms. The average Bonchev–Trinajstić information content (AvgIpc) is 2.93. The first-order valence-electron chi connectivity index (χ1n) is 6.83. The van der Waals surface area contributed by atoms with Crippen molar-refractivity contribution in [3.8, 4) is 17.2 Å². The van der Waals surface area contributed by atoms with Gasteiger partial charge in [-0.3, -0.25) is 0 Å². The Morgan fingerprint density at radius 3 is 2.62 bits per heavy atom. The zero-order valence-corrected chi connectivity index (χ0v) is 12.3. The van der Waals surface area contributed by atoms with Crippen molar-refractivity contribution in [1.82, 2.24) is 0 Å². The molecule has 1 unspecified atom stereocenters. The number of hydrogen-bond donors (Lipinski definition) is 1. The molecule has 1 atom stereocenters. The molecule has 0 radical (unpaired) electrons. The van der Waals surface area contributed by atoms with Crippen molar-refractivity contribution < 1.29 is 19.3 Å². The Bertz CT molecular complexity index is 679. The van der Waals surface area contributed by atoms with Gasteiger partial charge in [0.15, 0.2) is 11.5 Å². The van der Waals surface area contributed by atoms with Crippen LogP contribution in [0.3, 0.4) is 0 Å². The van der Waals surface area contributed by atoms with E-state index in [0.29, 0.717) is 17.2 Å². The maximum absolute atomic E-state index is 10.7. The van der Waals surface area contributed by atoms with Gasteiger partial charge in [0.2, 0.25) is 6.79 Å². The van der Waals surface area contributed by atoms with Gasteiger partial charge in [-0.25, -0.2) is 0 Å². The molecule has 0 saturated carbocycles. The largest absolute Gasteiger partial charge is 0.496 e. The second kappa shape index (κ2) is 5.30. The SMILES string of the molecule is COc1cc(C)cc(C)c1C(O)c1ccc2c(c1)OCO2. The van der Waals surface area contributed by atoms with Gasteiger partial charge in [0.05, 0.1) is 7.11 Å². The zero-order chi connectivity index (χ0) is 15.0. The molecule has 0 aromatic heterocycles. The summed E-state index contributed by atoms with van der Waals surface area (Å²) < 4.78 is 16.1. The predicted octanol–water partition coefficient (Wildman–Crippen LogP) is 3.12. The quantitative estimate of drug-likeness (QED) is 0.941. The molecule has 1 aliphatic rings. The molecule has 0 bridgehead atoms. The average molecular weight is 286 g/mol. The van der Waals surface area contributed by atoms with E-state index < -0.39 is 6.10 Å². The third kappa shape index (κ3) is 2.43. The lowest BCUT2D eigenvalue weighted by atomic mass is 9.95. The van der Waals surface area contributed by atoms with Crippen LogP contribution in [0.15, 0.2) is 30.3 Å². The molecule has 4 nitrogen and oxygen atoms in total. The first-order chi connectivity index (χ1) is 10.1. The van der Waals surface area contributed by atoms with Crippen LogP contribution in [0, 0.1) is 13.8 Å². The number of ether oxygens (including phenoxy) is 3. The number of methoxy groups -OCH3 is 1. The number of fused-ring (bicyclic) bond motifs is 1. The maximum Gasteiger partial charge on any atom is 0.231 e. The number of benzene rings is 2. The fourth-order valence-electron chi connectivity index (χ4n) is 2.71. The standard InChI is InChI=1S/C17H18O4/c1-10-6-11(2)16(15(7-10)19-3)17(18)12-4-5-13-14(8-12)21-9-20-13/h4-8,17-18H,9H2,1-3H3. The van der Waals surface area contributed by atoms with Crippen LogP contribution < -0.4 is 14.2 Å². The zero-order valence-electron chi connectivity index (χ0n) is 12.3. The smallest absolute Gasteiger partial charge is 0.231 e. The van der Waals surface area contributed by atoms with Gasteiger partial charge < -0.3 is 19.3 Å². The number of aliphatic hydroxyl groups is 1. The summed E-state index contributed by atoms with van der Waals surface area (Å²) in [5, 5.41) is 10.7. The molecule has 0 aliphatic carbocycles. The van der Waals surface area contributed by atoms with E-state index in [9.17, 15) is 5.11 Å². The lowest BCUT2D eigenvalue weighted by Crippen LogP contribution is -2.05. The summed E-state index contributed by atoms with van der Waals surface area (Å²) in [6, 6.07) is 9.44. The maximum atomic E-state index is 10.7. The lowest BCUT2D eigenvalue weighted by molar-refractivity contribution is 0.173. The van der Waals surface area contributed by atoms with Crippen LogP contribution in [-0.4, -0.2) is 19.0 Å². The van der Waals surface area contributed by atoms with Crippen molar-refractivity contribution in [2.45, 2.75) is 20.0 Å². The summed E-state index contributed by atoms with van der Waals surface area (Å²) in [4.78, 5) is 0. The Labute approximate surface area is 123 Å². The van der Waals surface area contributed by atoms with E-state index in [0.717, 1.165) is 22.3 Å². The Morgan fingerprint density at radius 1 is 1.10 bits per heavy atom. The molecule has 2 aromatic carbocycles. The van der Waals surface area contributed by atoms with Crippen molar-refractivity contribution >= 4 is 0 Å². The van der Waals surface area contributed by atoms with Crippen molar-refractivity contribution in [3.05, 3.63) is 52.6 Å². The van der Waals surface area contributed by atoms with E-state index in [4.69, 9.17) is 14.2 Å². The topological polar surface area (TPSA) is 47.9 Å². The lowest BCUT2D eigenvalue weighted by Gasteiger charge is -2.19. The van der Waals surface area contributed by atoms with Gasteiger partial charge in [-0.1, -0.05) is 12.1 Å². The van der Waals surface area contributed by atoms with E-state index in [1.165, 1.54) is 0 Å². The van der Waals surface area contributed by atoms with Gasteiger partial charge in [-0.2, -0.15) is 0 Å². The minimum Gasteiger partial charge on any atom is -0.496 e. The molecule has 0 saturated heterocycles. The number of rotatable bonds is 3. The molecule has 1 heterocycles. The van der Waals surface area contributed by atoms with Crippen LogP contribution in [0.5, 0.6) is 17.2 Å². The Kier molecular flexibility index (Phi) is 3.47.